The number of carbonyl (C=O) groups is 3. The van der Waals surface area contributed by atoms with Gasteiger partial charge in [-0.2, -0.15) is 0 Å². The molecule has 0 aromatic carbocycles. The van der Waals surface area contributed by atoms with Gasteiger partial charge in [0.2, 0.25) is 17.7 Å². The van der Waals surface area contributed by atoms with E-state index in [4.69, 9.17) is 29.4 Å². The van der Waals surface area contributed by atoms with E-state index in [9.17, 15) is 14.4 Å². The minimum absolute atomic E-state index is 0.0106. The normalized spacial score (nSPS) is 11.6. The van der Waals surface area contributed by atoms with Crippen LogP contribution < -0.4 is 17.2 Å². The summed E-state index contributed by atoms with van der Waals surface area (Å²) >= 11 is 4.74. The van der Waals surface area contributed by atoms with Gasteiger partial charge in [-0.05, 0) is 6.42 Å². The number of carbonyl (C=O) groups excluding carboxylic acids is 3. The number of nitrogens with zero attached hydrogens (tertiary/aromatic N) is 1. The highest BCUT2D eigenvalue weighted by Gasteiger charge is 2.27. The lowest BCUT2D eigenvalue weighted by molar-refractivity contribution is -0.139. The highest BCUT2D eigenvalue weighted by Crippen LogP contribution is 2.08. The predicted octanol–water partition coefficient (Wildman–Crippen LogP) is -1.90. The molecule has 6 N–H and O–H groups in total. The highest BCUT2D eigenvalue weighted by molar-refractivity contribution is 7.80. The van der Waals surface area contributed by atoms with Crippen molar-refractivity contribution < 1.29 is 14.4 Å². The lowest BCUT2D eigenvalue weighted by Gasteiger charge is -2.23. The SMILES string of the molecule is CCC(C(=O)N(CC(N)=O)CC(N)=O)C(N)=S. The highest BCUT2D eigenvalue weighted by atomic mass is 32.1. The first-order valence-corrected chi connectivity index (χ1v) is 5.35. The molecule has 1 atom stereocenters. The zero-order valence-corrected chi connectivity index (χ0v) is 10.3. The van der Waals surface area contributed by atoms with Gasteiger partial charge in [0, 0.05) is 0 Å². The van der Waals surface area contributed by atoms with E-state index in [1.165, 1.54) is 0 Å². The van der Waals surface area contributed by atoms with Crippen LogP contribution in [0.2, 0.25) is 0 Å². The molecule has 0 saturated heterocycles. The zero-order valence-electron chi connectivity index (χ0n) is 9.51. The van der Waals surface area contributed by atoms with Crippen LogP contribution in [0, 0.1) is 5.92 Å². The second kappa shape index (κ2) is 6.79. The van der Waals surface area contributed by atoms with Crippen molar-refractivity contribution in [1.82, 2.24) is 4.90 Å². The Balaban J connectivity index is 4.89. The number of nitrogens with two attached hydrogens (primary N) is 3. The molecule has 0 aliphatic heterocycles. The predicted molar refractivity (Wildman–Crippen MR) is 65.5 cm³/mol. The minimum Gasteiger partial charge on any atom is -0.393 e. The molecule has 96 valence electrons. The van der Waals surface area contributed by atoms with Crippen molar-refractivity contribution in [2.75, 3.05) is 13.1 Å². The van der Waals surface area contributed by atoms with E-state index in [1.54, 1.807) is 6.92 Å². The first-order valence-electron chi connectivity index (χ1n) is 4.94. The van der Waals surface area contributed by atoms with Crippen LogP contribution in [0.5, 0.6) is 0 Å². The summed E-state index contributed by atoms with van der Waals surface area (Å²) in [6.45, 7) is 0.941. The van der Waals surface area contributed by atoms with Crippen molar-refractivity contribution in [3.05, 3.63) is 0 Å². The Morgan fingerprint density at radius 1 is 1.12 bits per heavy atom. The molecule has 0 fully saturated rings. The van der Waals surface area contributed by atoms with Crippen molar-refractivity contribution in [3.8, 4) is 0 Å². The minimum atomic E-state index is -0.739. The summed E-state index contributed by atoms with van der Waals surface area (Å²) in [7, 11) is 0. The molecular formula is C9H16N4O3S. The number of primary amides is 2. The second-order valence-corrected chi connectivity index (χ2v) is 3.96. The third-order valence-corrected chi connectivity index (χ3v) is 2.34. The molecule has 1 unspecified atom stereocenters. The van der Waals surface area contributed by atoms with E-state index in [2.05, 4.69) is 0 Å². The first-order chi connectivity index (χ1) is 7.79. The molecule has 0 rings (SSSR count). The fourth-order valence-electron chi connectivity index (χ4n) is 1.31. The fraction of sp³-hybridized carbons (Fsp3) is 0.556. The molecule has 0 heterocycles. The molecule has 3 amide bonds. The molecule has 7 nitrogen and oxygen atoms in total. The average molecular weight is 260 g/mol. The summed E-state index contributed by atoms with van der Waals surface area (Å²) in [5.74, 6) is -2.71. The van der Waals surface area contributed by atoms with E-state index in [0.29, 0.717) is 6.42 Å². The molecular weight excluding hydrogens is 244 g/mol. The lowest BCUT2D eigenvalue weighted by Crippen LogP contribution is -2.48. The van der Waals surface area contributed by atoms with Gasteiger partial charge in [0.25, 0.3) is 0 Å². The van der Waals surface area contributed by atoms with Crippen molar-refractivity contribution in [3.63, 3.8) is 0 Å². The standard InChI is InChI=1S/C9H16N4O3S/c1-2-5(8(12)17)9(16)13(3-6(10)14)4-7(11)15/h5H,2-4H2,1H3,(H2,10,14)(H2,11,15)(H2,12,17). The van der Waals surface area contributed by atoms with Gasteiger partial charge in [0.15, 0.2) is 0 Å². The number of hydrogen-bond donors (Lipinski definition) is 3. The van der Waals surface area contributed by atoms with Gasteiger partial charge >= 0.3 is 0 Å². The Kier molecular flexibility index (Phi) is 6.11. The maximum atomic E-state index is 11.9. The topological polar surface area (TPSA) is 133 Å². The smallest absolute Gasteiger partial charge is 0.237 e. The number of thiocarbonyl (C=S) groups is 1. The Bertz CT molecular complexity index is 329. The third-order valence-electron chi connectivity index (χ3n) is 2.05. The van der Waals surface area contributed by atoms with E-state index >= 15 is 0 Å². The number of amides is 3. The van der Waals surface area contributed by atoms with Crippen molar-refractivity contribution in [2.24, 2.45) is 23.1 Å². The fourth-order valence-corrected chi connectivity index (χ4v) is 1.57. The Labute approximate surface area is 104 Å². The van der Waals surface area contributed by atoms with Gasteiger partial charge in [0.05, 0.1) is 24.0 Å². The van der Waals surface area contributed by atoms with E-state index in [-0.39, 0.29) is 18.1 Å². The molecule has 0 aliphatic rings. The third kappa shape index (κ3) is 5.25. The second-order valence-electron chi connectivity index (χ2n) is 3.49. The Hall–Kier alpha value is -1.70. The van der Waals surface area contributed by atoms with Gasteiger partial charge < -0.3 is 22.1 Å². The summed E-state index contributed by atoms with van der Waals surface area (Å²) in [5.41, 5.74) is 15.4. The molecule has 0 aromatic rings. The molecule has 0 saturated carbocycles. The van der Waals surface area contributed by atoms with Crippen LogP contribution in [0.3, 0.4) is 0 Å². The van der Waals surface area contributed by atoms with Gasteiger partial charge in [-0.3, -0.25) is 14.4 Å². The molecule has 0 bridgehead atoms. The van der Waals surface area contributed by atoms with Crippen LogP contribution in [0.25, 0.3) is 0 Å². The van der Waals surface area contributed by atoms with Gasteiger partial charge in [-0.1, -0.05) is 19.1 Å². The van der Waals surface area contributed by atoms with Gasteiger partial charge in [-0.25, -0.2) is 0 Å². The zero-order chi connectivity index (χ0) is 13.6. The summed E-state index contributed by atoms with van der Waals surface area (Å²) in [6, 6.07) is 0. The van der Waals surface area contributed by atoms with Crippen molar-refractivity contribution >= 4 is 34.9 Å². The van der Waals surface area contributed by atoms with Crippen LogP contribution in [0.4, 0.5) is 0 Å². The summed E-state index contributed by atoms with van der Waals surface area (Å²) in [4.78, 5) is 34.5. The monoisotopic (exact) mass is 260 g/mol. The summed E-state index contributed by atoms with van der Waals surface area (Å²) in [5, 5.41) is 0. The molecule has 0 spiro atoms. The van der Waals surface area contributed by atoms with Crippen LogP contribution in [0.1, 0.15) is 13.3 Å². The van der Waals surface area contributed by atoms with Gasteiger partial charge in [0.1, 0.15) is 0 Å². The quantitative estimate of drug-likeness (QED) is 0.460. The molecule has 8 heteroatoms. The summed E-state index contributed by atoms with van der Waals surface area (Å²) in [6.07, 6.45) is 0.377. The number of hydrogen-bond acceptors (Lipinski definition) is 4. The average Bonchev–Trinajstić information content (AvgIpc) is 2.15. The van der Waals surface area contributed by atoms with Crippen LogP contribution >= 0.6 is 12.2 Å². The lowest BCUT2D eigenvalue weighted by atomic mass is 10.1. The van der Waals surface area contributed by atoms with Gasteiger partial charge in [-0.15, -0.1) is 0 Å². The van der Waals surface area contributed by atoms with Crippen LogP contribution in [-0.4, -0.2) is 40.7 Å². The molecule has 17 heavy (non-hydrogen) atoms. The van der Waals surface area contributed by atoms with Crippen LogP contribution in [0.15, 0.2) is 0 Å². The van der Waals surface area contributed by atoms with E-state index in [0.717, 1.165) is 4.90 Å². The number of rotatable bonds is 7. The van der Waals surface area contributed by atoms with Crippen molar-refractivity contribution in [1.29, 1.82) is 0 Å². The van der Waals surface area contributed by atoms with E-state index < -0.39 is 23.6 Å². The van der Waals surface area contributed by atoms with E-state index in [1.807, 2.05) is 0 Å². The van der Waals surface area contributed by atoms with Crippen LogP contribution in [-0.2, 0) is 14.4 Å². The molecule has 0 aromatic heterocycles. The summed E-state index contributed by atoms with van der Waals surface area (Å²) < 4.78 is 0. The maximum Gasteiger partial charge on any atom is 0.237 e. The molecule has 0 aliphatic carbocycles. The first kappa shape index (κ1) is 15.3. The molecule has 0 radical (unpaired) electrons. The Morgan fingerprint density at radius 2 is 1.53 bits per heavy atom. The Morgan fingerprint density at radius 3 is 1.76 bits per heavy atom. The largest absolute Gasteiger partial charge is 0.393 e. The van der Waals surface area contributed by atoms with Crippen molar-refractivity contribution in [2.45, 2.75) is 13.3 Å². The maximum absolute atomic E-state index is 11.9.